The fourth-order valence-electron chi connectivity index (χ4n) is 2.33. The molecule has 0 spiro atoms. The van der Waals surface area contributed by atoms with Crippen LogP contribution >= 0.6 is 11.3 Å². The topological polar surface area (TPSA) is 95.3 Å². The highest BCUT2D eigenvalue weighted by Gasteiger charge is 2.13. The third-order valence-corrected chi connectivity index (χ3v) is 4.11. The summed E-state index contributed by atoms with van der Waals surface area (Å²) >= 11 is 1.46. The summed E-state index contributed by atoms with van der Waals surface area (Å²) in [4.78, 5) is 29.4. The van der Waals surface area contributed by atoms with Gasteiger partial charge in [0.2, 0.25) is 5.43 Å². The summed E-state index contributed by atoms with van der Waals surface area (Å²) in [5.74, 6) is 0. The van der Waals surface area contributed by atoms with Crippen molar-refractivity contribution in [3.8, 4) is 6.07 Å². The SMILES string of the molecule is Cc1nc2nc3c(ccc4[nH]cc(C#N)c(=O)c43)nc2s1. The third-order valence-electron chi connectivity index (χ3n) is 3.26. The Kier molecular flexibility index (Phi) is 2.31. The molecule has 0 saturated carbocycles. The summed E-state index contributed by atoms with van der Waals surface area (Å²) < 4.78 is 0. The number of nitrogens with zero attached hydrogens (tertiary/aromatic N) is 4. The van der Waals surface area contributed by atoms with Gasteiger partial charge in [-0.1, -0.05) is 11.3 Å². The van der Waals surface area contributed by atoms with Crippen molar-refractivity contribution >= 4 is 43.8 Å². The zero-order valence-corrected chi connectivity index (χ0v) is 11.7. The molecule has 0 atom stereocenters. The van der Waals surface area contributed by atoms with E-state index in [4.69, 9.17) is 5.26 Å². The van der Waals surface area contributed by atoms with Gasteiger partial charge >= 0.3 is 0 Å². The molecule has 0 amide bonds. The number of hydrogen-bond donors (Lipinski definition) is 1. The molecule has 0 saturated heterocycles. The van der Waals surface area contributed by atoms with E-state index in [0.29, 0.717) is 27.6 Å². The average Bonchev–Trinajstić information content (AvgIpc) is 2.84. The summed E-state index contributed by atoms with van der Waals surface area (Å²) in [6, 6.07) is 5.47. The normalized spacial score (nSPS) is 11.2. The van der Waals surface area contributed by atoms with E-state index in [2.05, 4.69) is 19.9 Å². The first-order chi connectivity index (χ1) is 10.2. The first-order valence-electron chi connectivity index (χ1n) is 6.17. The van der Waals surface area contributed by atoms with Gasteiger partial charge in [-0.3, -0.25) is 4.79 Å². The van der Waals surface area contributed by atoms with Crippen molar-refractivity contribution in [3.63, 3.8) is 0 Å². The number of thiazole rings is 1. The van der Waals surface area contributed by atoms with Crippen LogP contribution < -0.4 is 5.43 Å². The lowest BCUT2D eigenvalue weighted by molar-refractivity contribution is 1.28. The number of nitriles is 1. The molecule has 100 valence electrons. The first-order valence-corrected chi connectivity index (χ1v) is 6.98. The number of rotatable bonds is 0. The van der Waals surface area contributed by atoms with E-state index in [1.54, 1.807) is 12.1 Å². The maximum Gasteiger partial charge on any atom is 0.209 e. The van der Waals surface area contributed by atoms with Crippen LogP contribution in [-0.2, 0) is 0 Å². The second-order valence-electron chi connectivity index (χ2n) is 4.58. The summed E-state index contributed by atoms with van der Waals surface area (Å²) in [5.41, 5.74) is 1.98. The van der Waals surface area contributed by atoms with Crippen LogP contribution in [0.2, 0.25) is 0 Å². The van der Waals surface area contributed by atoms with E-state index in [1.807, 2.05) is 13.0 Å². The maximum absolute atomic E-state index is 12.4. The van der Waals surface area contributed by atoms with Crippen LogP contribution in [0, 0.1) is 18.3 Å². The van der Waals surface area contributed by atoms with E-state index >= 15 is 0 Å². The Morgan fingerprint density at radius 1 is 1.29 bits per heavy atom. The first kappa shape index (κ1) is 11.9. The molecular weight excluding hydrogens is 286 g/mol. The largest absolute Gasteiger partial charge is 0.360 e. The Bertz CT molecular complexity index is 1140. The standard InChI is InChI=1S/C14H7N5OS/c1-6-17-13-14(21-6)18-9-3-2-8-10(11(9)19-13)12(20)7(4-15)5-16-8/h2-3,5H,1H3,(H,16,20). The lowest BCUT2D eigenvalue weighted by atomic mass is 10.1. The van der Waals surface area contributed by atoms with E-state index in [-0.39, 0.29) is 11.0 Å². The quantitative estimate of drug-likeness (QED) is 0.502. The van der Waals surface area contributed by atoms with Crippen LogP contribution in [0.4, 0.5) is 0 Å². The lowest BCUT2D eigenvalue weighted by Crippen LogP contribution is -2.08. The number of pyridine rings is 1. The minimum absolute atomic E-state index is 0.0614. The second kappa shape index (κ2) is 4.07. The van der Waals surface area contributed by atoms with Crippen molar-refractivity contribution in [2.75, 3.05) is 0 Å². The molecule has 4 aromatic rings. The number of aromatic nitrogens is 4. The van der Waals surface area contributed by atoms with E-state index in [1.165, 1.54) is 17.5 Å². The van der Waals surface area contributed by atoms with Crippen LogP contribution in [0.5, 0.6) is 0 Å². The minimum Gasteiger partial charge on any atom is -0.360 e. The van der Waals surface area contributed by atoms with Gasteiger partial charge in [0.1, 0.15) is 17.1 Å². The highest BCUT2D eigenvalue weighted by atomic mass is 32.1. The zero-order chi connectivity index (χ0) is 14.6. The molecule has 0 radical (unpaired) electrons. The molecule has 0 bridgehead atoms. The highest BCUT2D eigenvalue weighted by Crippen LogP contribution is 2.24. The monoisotopic (exact) mass is 293 g/mol. The van der Waals surface area contributed by atoms with Gasteiger partial charge in [0.05, 0.1) is 21.4 Å². The molecule has 4 rings (SSSR count). The summed E-state index contributed by atoms with van der Waals surface area (Å²) in [7, 11) is 0. The highest BCUT2D eigenvalue weighted by molar-refractivity contribution is 7.18. The Balaban J connectivity index is 2.29. The number of hydrogen-bond acceptors (Lipinski definition) is 6. The number of H-pyrrole nitrogens is 1. The van der Waals surface area contributed by atoms with Crippen LogP contribution in [0.15, 0.2) is 23.1 Å². The van der Waals surface area contributed by atoms with Crippen LogP contribution in [-0.4, -0.2) is 19.9 Å². The van der Waals surface area contributed by atoms with Crippen molar-refractivity contribution in [2.45, 2.75) is 6.92 Å². The van der Waals surface area contributed by atoms with Gasteiger partial charge in [0, 0.05) is 6.20 Å². The second-order valence-corrected chi connectivity index (χ2v) is 5.77. The molecule has 0 fully saturated rings. The molecular formula is C14H7N5OS. The van der Waals surface area contributed by atoms with Crippen LogP contribution in [0.25, 0.3) is 32.4 Å². The number of benzene rings is 1. The molecule has 7 heteroatoms. The summed E-state index contributed by atoms with van der Waals surface area (Å²) in [5, 5.41) is 10.3. The van der Waals surface area contributed by atoms with Crippen LogP contribution in [0.1, 0.15) is 10.6 Å². The van der Waals surface area contributed by atoms with Crippen molar-refractivity contribution in [1.29, 1.82) is 5.26 Å². The van der Waals surface area contributed by atoms with Gasteiger partial charge < -0.3 is 4.98 Å². The number of nitrogens with one attached hydrogen (secondary N) is 1. The number of fused-ring (bicyclic) bond motifs is 4. The van der Waals surface area contributed by atoms with E-state index in [0.717, 1.165) is 9.84 Å². The van der Waals surface area contributed by atoms with Gasteiger partial charge in [0.25, 0.3) is 0 Å². The van der Waals surface area contributed by atoms with Gasteiger partial charge in [-0.2, -0.15) is 5.26 Å². The number of aryl methyl sites for hydroxylation is 1. The van der Waals surface area contributed by atoms with Gasteiger partial charge in [-0.15, -0.1) is 0 Å². The molecule has 0 aliphatic heterocycles. The van der Waals surface area contributed by atoms with E-state index < -0.39 is 0 Å². The van der Waals surface area contributed by atoms with Crippen LogP contribution in [0.3, 0.4) is 0 Å². The predicted octanol–water partition coefficient (Wildman–Crippen LogP) is 2.26. The minimum atomic E-state index is -0.336. The molecule has 0 aliphatic rings. The maximum atomic E-state index is 12.4. The molecule has 1 aromatic carbocycles. The molecule has 0 aliphatic carbocycles. The Labute approximate surface area is 121 Å². The Morgan fingerprint density at radius 2 is 2.14 bits per heavy atom. The molecule has 3 aromatic heterocycles. The molecule has 3 heterocycles. The molecule has 21 heavy (non-hydrogen) atoms. The summed E-state index contributed by atoms with van der Waals surface area (Å²) in [6.45, 7) is 1.89. The third kappa shape index (κ3) is 1.63. The zero-order valence-electron chi connectivity index (χ0n) is 10.8. The predicted molar refractivity (Wildman–Crippen MR) is 80.3 cm³/mol. The smallest absolute Gasteiger partial charge is 0.209 e. The van der Waals surface area contributed by atoms with Gasteiger partial charge in [0.15, 0.2) is 10.5 Å². The van der Waals surface area contributed by atoms with Crippen molar-refractivity contribution in [1.82, 2.24) is 19.9 Å². The fourth-order valence-corrected chi connectivity index (χ4v) is 3.07. The molecule has 6 nitrogen and oxygen atoms in total. The Morgan fingerprint density at radius 3 is 2.95 bits per heavy atom. The average molecular weight is 293 g/mol. The van der Waals surface area contributed by atoms with Crippen molar-refractivity contribution in [2.24, 2.45) is 0 Å². The van der Waals surface area contributed by atoms with E-state index in [9.17, 15) is 4.79 Å². The van der Waals surface area contributed by atoms with Gasteiger partial charge in [-0.05, 0) is 19.1 Å². The fraction of sp³-hybridized carbons (Fsp3) is 0.0714. The summed E-state index contributed by atoms with van der Waals surface area (Å²) in [6.07, 6.45) is 1.41. The Hall–Kier alpha value is -2.85. The molecule has 0 unspecified atom stereocenters. The molecule has 1 N–H and O–H groups in total. The lowest BCUT2D eigenvalue weighted by Gasteiger charge is -2.02. The van der Waals surface area contributed by atoms with Gasteiger partial charge in [-0.25, -0.2) is 15.0 Å². The number of aromatic amines is 1. The van der Waals surface area contributed by atoms with Crippen molar-refractivity contribution < 1.29 is 0 Å². The van der Waals surface area contributed by atoms with Crippen molar-refractivity contribution in [3.05, 3.63) is 39.1 Å².